The maximum absolute atomic E-state index is 12.4. The van der Waals surface area contributed by atoms with Crippen LogP contribution in [0.4, 0.5) is 0 Å². The highest BCUT2D eigenvalue weighted by molar-refractivity contribution is 5.82. The molecule has 0 aliphatic carbocycles. The fourth-order valence-corrected chi connectivity index (χ4v) is 3.19. The lowest BCUT2D eigenvalue weighted by Gasteiger charge is -2.37. The van der Waals surface area contributed by atoms with Crippen LogP contribution < -0.4 is 5.73 Å². The number of carbonyl (C=O) groups is 1. The van der Waals surface area contributed by atoms with Crippen molar-refractivity contribution in [1.82, 2.24) is 9.80 Å². The normalized spacial score (nSPS) is 24.8. The van der Waals surface area contributed by atoms with E-state index >= 15 is 0 Å². The zero-order valence-electron chi connectivity index (χ0n) is 13.6. The van der Waals surface area contributed by atoms with Gasteiger partial charge in [0, 0.05) is 32.7 Å². The zero-order valence-corrected chi connectivity index (χ0v) is 13.6. The second-order valence-corrected chi connectivity index (χ2v) is 6.59. The Morgan fingerprint density at radius 1 is 1.24 bits per heavy atom. The predicted octanol–water partition coefficient (Wildman–Crippen LogP) is 0.931. The fraction of sp³-hybridized carbons (Fsp3) is 0.938. The summed E-state index contributed by atoms with van der Waals surface area (Å²) in [6.45, 7) is 10.9. The van der Waals surface area contributed by atoms with Gasteiger partial charge >= 0.3 is 0 Å². The maximum Gasteiger partial charge on any atom is 0.239 e. The van der Waals surface area contributed by atoms with E-state index in [4.69, 9.17) is 10.5 Å². The smallest absolute Gasteiger partial charge is 0.239 e. The zero-order chi connectivity index (χ0) is 15.2. The van der Waals surface area contributed by atoms with Gasteiger partial charge in [0.2, 0.25) is 5.91 Å². The Balaban J connectivity index is 1.73. The molecule has 0 aromatic carbocycles. The van der Waals surface area contributed by atoms with Gasteiger partial charge in [0.1, 0.15) is 0 Å². The van der Waals surface area contributed by atoms with Crippen molar-refractivity contribution in [1.29, 1.82) is 0 Å². The number of hydrogen-bond donors (Lipinski definition) is 1. The first-order valence-electron chi connectivity index (χ1n) is 8.46. The molecular weight excluding hydrogens is 266 g/mol. The summed E-state index contributed by atoms with van der Waals surface area (Å²) in [7, 11) is 0. The minimum absolute atomic E-state index is 0.147. The molecule has 2 N–H and O–H groups in total. The molecule has 2 atom stereocenters. The summed E-state index contributed by atoms with van der Waals surface area (Å²) < 4.78 is 5.39. The molecule has 2 heterocycles. The fourth-order valence-electron chi connectivity index (χ4n) is 3.19. The van der Waals surface area contributed by atoms with Crippen molar-refractivity contribution in [2.45, 2.75) is 39.2 Å². The third kappa shape index (κ3) is 4.66. The number of rotatable bonds is 5. The highest BCUT2D eigenvalue weighted by atomic mass is 16.5. The lowest BCUT2D eigenvalue weighted by molar-refractivity contribution is -0.135. The van der Waals surface area contributed by atoms with E-state index in [0.29, 0.717) is 5.92 Å². The summed E-state index contributed by atoms with van der Waals surface area (Å²) in [4.78, 5) is 16.8. The summed E-state index contributed by atoms with van der Waals surface area (Å²) in [5, 5.41) is 0. The molecule has 2 aliphatic rings. The van der Waals surface area contributed by atoms with Gasteiger partial charge in [0.05, 0.1) is 19.3 Å². The summed E-state index contributed by atoms with van der Waals surface area (Å²) >= 11 is 0. The van der Waals surface area contributed by atoms with Crippen LogP contribution in [0.2, 0.25) is 0 Å². The third-order valence-electron chi connectivity index (χ3n) is 5.09. The quantitative estimate of drug-likeness (QED) is 0.820. The molecule has 0 bridgehead atoms. The molecule has 2 saturated heterocycles. The van der Waals surface area contributed by atoms with E-state index in [0.717, 1.165) is 65.2 Å². The number of nitrogens with two attached hydrogens (primary N) is 1. The number of likely N-dealkylation sites (tertiary alicyclic amines) is 1. The predicted molar refractivity (Wildman–Crippen MR) is 84.0 cm³/mol. The first-order valence-corrected chi connectivity index (χ1v) is 8.46. The topological polar surface area (TPSA) is 58.8 Å². The van der Waals surface area contributed by atoms with Crippen molar-refractivity contribution >= 4 is 5.91 Å². The van der Waals surface area contributed by atoms with Crippen molar-refractivity contribution in [3.05, 3.63) is 0 Å². The summed E-state index contributed by atoms with van der Waals surface area (Å²) in [5.41, 5.74) is 6.07. The molecule has 0 saturated carbocycles. The molecular formula is C16H31N3O2. The number of ether oxygens (including phenoxy) is 1. The number of hydrogen-bond acceptors (Lipinski definition) is 4. The summed E-state index contributed by atoms with van der Waals surface area (Å²) in [6.07, 6.45) is 3.17. The largest absolute Gasteiger partial charge is 0.379 e. The summed E-state index contributed by atoms with van der Waals surface area (Å²) in [5.74, 6) is 1.13. The highest BCUT2D eigenvalue weighted by Crippen LogP contribution is 2.20. The van der Waals surface area contributed by atoms with Gasteiger partial charge in [-0.1, -0.05) is 20.3 Å². The van der Waals surface area contributed by atoms with Gasteiger partial charge in [-0.05, 0) is 24.7 Å². The molecule has 0 radical (unpaired) electrons. The molecule has 2 rings (SSSR count). The van der Waals surface area contributed by atoms with Gasteiger partial charge in [0.15, 0.2) is 0 Å². The van der Waals surface area contributed by atoms with Crippen LogP contribution in [-0.2, 0) is 9.53 Å². The average Bonchev–Trinajstić information content (AvgIpc) is 2.54. The van der Waals surface area contributed by atoms with E-state index < -0.39 is 0 Å². The molecule has 2 aliphatic heterocycles. The van der Waals surface area contributed by atoms with Crippen LogP contribution in [-0.4, -0.2) is 67.7 Å². The van der Waals surface area contributed by atoms with Crippen LogP contribution in [0, 0.1) is 11.8 Å². The van der Waals surface area contributed by atoms with E-state index in [9.17, 15) is 4.79 Å². The molecule has 0 aromatic rings. The Kier molecular flexibility index (Phi) is 6.45. The number of amides is 1. The van der Waals surface area contributed by atoms with E-state index in [-0.39, 0.29) is 17.9 Å². The Morgan fingerprint density at radius 3 is 2.43 bits per heavy atom. The molecule has 5 nitrogen and oxygen atoms in total. The van der Waals surface area contributed by atoms with Crippen LogP contribution >= 0.6 is 0 Å². The maximum atomic E-state index is 12.4. The summed E-state index contributed by atoms with van der Waals surface area (Å²) in [6, 6.07) is -0.328. The van der Waals surface area contributed by atoms with E-state index in [1.54, 1.807) is 0 Å². The minimum atomic E-state index is -0.328. The monoisotopic (exact) mass is 297 g/mol. The molecule has 0 unspecified atom stereocenters. The second kappa shape index (κ2) is 8.11. The third-order valence-corrected chi connectivity index (χ3v) is 5.09. The lowest BCUT2D eigenvalue weighted by atomic mass is 9.93. The number of morpholine rings is 1. The Labute approximate surface area is 128 Å². The van der Waals surface area contributed by atoms with Crippen molar-refractivity contribution in [2.24, 2.45) is 17.6 Å². The van der Waals surface area contributed by atoms with Gasteiger partial charge in [-0.15, -0.1) is 0 Å². The van der Waals surface area contributed by atoms with Crippen molar-refractivity contribution in [3.8, 4) is 0 Å². The first kappa shape index (κ1) is 16.7. The SMILES string of the molecule is CC[C@H](C)[C@H](N)C(=O)N1CCC(CN2CCOCC2)CC1. The highest BCUT2D eigenvalue weighted by Gasteiger charge is 2.29. The van der Waals surface area contributed by atoms with Gasteiger partial charge in [-0.3, -0.25) is 9.69 Å². The molecule has 122 valence electrons. The number of nitrogens with zero attached hydrogens (tertiary/aromatic N) is 2. The standard InChI is InChI=1S/C16H31N3O2/c1-3-13(2)15(17)16(20)19-6-4-14(5-7-19)12-18-8-10-21-11-9-18/h13-15H,3-12,17H2,1-2H3/t13-,15-/m0/s1. The molecule has 21 heavy (non-hydrogen) atoms. The van der Waals surface area contributed by atoms with Crippen molar-refractivity contribution in [3.63, 3.8) is 0 Å². The molecule has 1 amide bonds. The number of carbonyl (C=O) groups excluding carboxylic acids is 1. The van der Waals surface area contributed by atoms with Gasteiger partial charge < -0.3 is 15.4 Å². The average molecular weight is 297 g/mol. The second-order valence-electron chi connectivity index (χ2n) is 6.59. The number of piperidine rings is 1. The Hall–Kier alpha value is -0.650. The van der Waals surface area contributed by atoms with E-state index in [1.165, 1.54) is 0 Å². The van der Waals surface area contributed by atoms with E-state index in [2.05, 4.69) is 18.7 Å². The minimum Gasteiger partial charge on any atom is -0.379 e. The molecule has 5 heteroatoms. The van der Waals surface area contributed by atoms with Crippen LogP contribution in [0.3, 0.4) is 0 Å². The van der Waals surface area contributed by atoms with Crippen LogP contribution in [0.25, 0.3) is 0 Å². The van der Waals surface area contributed by atoms with Crippen LogP contribution in [0.1, 0.15) is 33.1 Å². The van der Waals surface area contributed by atoms with Gasteiger partial charge in [-0.25, -0.2) is 0 Å². The molecule has 2 fully saturated rings. The Bertz CT molecular complexity index is 323. The van der Waals surface area contributed by atoms with Crippen molar-refractivity contribution in [2.75, 3.05) is 45.9 Å². The molecule has 0 spiro atoms. The Morgan fingerprint density at radius 2 is 1.86 bits per heavy atom. The van der Waals surface area contributed by atoms with Gasteiger partial charge in [0.25, 0.3) is 0 Å². The molecule has 0 aromatic heterocycles. The van der Waals surface area contributed by atoms with Crippen LogP contribution in [0.5, 0.6) is 0 Å². The van der Waals surface area contributed by atoms with E-state index in [1.807, 2.05) is 4.90 Å². The van der Waals surface area contributed by atoms with Gasteiger partial charge in [-0.2, -0.15) is 0 Å². The van der Waals surface area contributed by atoms with Crippen molar-refractivity contribution < 1.29 is 9.53 Å². The van der Waals surface area contributed by atoms with Crippen LogP contribution in [0.15, 0.2) is 0 Å². The first-order chi connectivity index (χ1) is 10.1. The lowest BCUT2D eigenvalue weighted by Crippen LogP contribution is -2.50.